The first kappa shape index (κ1) is 9.61. The quantitative estimate of drug-likeness (QED) is 0.362. The Bertz CT molecular complexity index is 132. The summed E-state index contributed by atoms with van der Waals surface area (Å²) in [5.41, 5.74) is 0. The van der Waals surface area contributed by atoms with E-state index in [1.165, 1.54) is 0 Å². The topological polar surface area (TPSA) is 27.7 Å². The first-order valence-electron chi connectivity index (χ1n) is 4.45. The maximum Gasteiger partial charge on any atom is 0.489 e. The summed E-state index contributed by atoms with van der Waals surface area (Å²) in [6.45, 7) is 4.39. The molecule has 0 radical (unpaired) electrons. The van der Waals surface area contributed by atoms with E-state index in [4.69, 9.17) is 14.0 Å². The molecule has 0 aromatic heterocycles. The second-order valence-electron chi connectivity index (χ2n) is 2.66. The zero-order valence-electron chi connectivity index (χ0n) is 7.49. The molecular weight excluding hydrogens is 155 g/mol. The fraction of sp³-hybridized carbons (Fsp3) is 0.750. The van der Waals surface area contributed by atoms with E-state index in [0.717, 1.165) is 32.7 Å². The van der Waals surface area contributed by atoms with Gasteiger partial charge in [0.05, 0.1) is 12.9 Å². The van der Waals surface area contributed by atoms with E-state index in [2.05, 4.69) is 6.92 Å². The highest BCUT2D eigenvalue weighted by Gasteiger charge is 2.17. The fourth-order valence-electron chi connectivity index (χ4n) is 0.923. The van der Waals surface area contributed by atoms with Crippen molar-refractivity contribution in [1.29, 1.82) is 0 Å². The van der Waals surface area contributed by atoms with Crippen LogP contribution in [0, 0.1) is 0 Å². The smallest absolute Gasteiger partial charge is 0.489 e. The Kier molecular flexibility index (Phi) is 4.88. The first-order valence-corrected chi connectivity index (χ1v) is 4.45. The van der Waals surface area contributed by atoms with Crippen LogP contribution in [0.4, 0.5) is 0 Å². The minimum absolute atomic E-state index is 0.199. The molecule has 3 nitrogen and oxygen atoms in total. The highest BCUT2D eigenvalue weighted by Crippen LogP contribution is 2.01. The molecule has 4 heteroatoms. The molecule has 0 saturated carbocycles. The molecule has 0 atom stereocenters. The van der Waals surface area contributed by atoms with Crippen molar-refractivity contribution in [3.8, 4) is 0 Å². The Labute approximate surface area is 73.8 Å². The van der Waals surface area contributed by atoms with Crippen molar-refractivity contribution in [3.63, 3.8) is 0 Å². The summed E-state index contributed by atoms with van der Waals surface area (Å²) in [6, 6.07) is 0. The molecule has 0 bridgehead atoms. The van der Waals surface area contributed by atoms with Crippen LogP contribution < -0.4 is 0 Å². The minimum atomic E-state index is -0.199. The molecule has 0 aliphatic carbocycles. The normalized spacial score (nSPS) is 18.6. The summed E-state index contributed by atoms with van der Waals surface area (Å²) in [6.07, 6.45) is 3.66. The summed E-state index contributed by atoms with van der Waals surface area (Å²) >= 11 is 0. The van der Waals surface area contributed by atoms with Crippen molar-refractivity contribution >= 4 is 7.12 Å². The zero-order chi connectivity index (χ0) is 8.65. The number of hydrogen-bond acceptors (Lipinski definition) is 3. The second kappa shape index (κ2) is 6.09. The number of rotatable bonds is 4. The molecule has 0 N–H and O–H groups in total. The van der Waals surface area contributed by atoms with Crippen LogP contribution in [0.3, 0.4) is 0 Å². The Hall–Kier alpha value is -0.475. The van der Waals surface area contributed by atoms with E-state index in [-0.39, 0.29) is 7.12 Å². The molecule has 1 saturated heterocycles. The van der Waals surface area contributed by atoms with Gasteiger partial charge in [-0.25, -0.2) is 0 Å². The van der Waals surface area contributed by atoms with Crippen LogP contribution in [0.1, 0.15) is 19.8 Å². The van der Waals surface area contributed by atoms with Gasteiger partial charge in [-0.1, -0.05) is 6.92 Å². The lowest BCUT2D eigenvalue weighted by atomic mass is 9.89. The lowest BCUT2D eigenvalue weighted by molar-refractivity contribution is 0.141. The van der Waals surface area contributed by atoms with Crippen molar-refractivity contribution < 1.29 is 14.0 Å². The summed E-state index contributed by atoms with van der Waals surface area (Å²) in [5.74, 6) is 1.80. The van der Waals surface area contributed by atoms with Gasteiger partial charge in [-0.2, -0.15) is 0 Å². The van der Waals surface area contributed by atoms with E-state index < -0.39 is 0 Å². The monoisotopic (exact) mass is 170 g/mol. The average molecular weight is 170 g/mol. The second-order valence-corrected chi connectivity index (χ2v) is 2.66. The van der Waals surface area contributed by atoms with Gasteiger partial charge in [0.25, 0.3) is 0 Å². The fourth-order valence-corrected chi connectivity index (χ4v) is 0.923. The molecule has 1 aliphatic heterocycles. The lowest BCUT2D eigenvalue weighted by Gasteiger charge is -2.16. The van der Waals surface area contributed by atoms with Gasteiger partial charge in [0.2, 0.25) is 0 Å². The first-order chi connectivity index (χ1) is 5.93. The summed E-state index contributed by atoms with van der Waals surface area (Å²) < 4.78 is 15.7. The molecule has 0 unspecified atom stereocenters. The minimum Gasteiger partial charge on any atom is -0.502 e. The molecule has 1 heterocycles. The third-order valence-corrected chi connectivity index (χ3v) is 1.51. The van der Waals surface area contributed by atoms with Crippen LogP contribution in [-0.4, -0.2) is 26.9 Å². The van der Waals surface area contributed by atoms with Crippen LogP contribution in [0.2, 0.25) is 0 Å². The molecule has 0 aromatic carbocycles. The van der Waals surface area contributed by atoms with Gasteiger partial charge >= 0.3 is 7.12 Å². The van der Waals surface area contributed by atoms with Crippen LogP contribution in [0.15, 0.2) is 12.2 Å². The predicted molar refractivity (Wildman–Crippen MR) is 47.7 cm³/mol. The molecule has 0 amide bonds. The highest BCUT2D eigenvalue weighted by atomic mass is 16.6. The van der Waals surface area contributed by atoms with Crippen molar-refractivity contribution in [3.05, 3.63) is 12.2 Å². The van der Waals surface area contributed by atoms with Crippen LogP contribution in [-0.2, 0) is 14.0 Å². The predicted octanol–water partition coefficient (Wildman–Crippen LogP) is 1.39. The number of ether oxygens (including phenoxy) is 1. The van der Waals surface area contributed by atoms with Gasteiger partial charge in [0, 0.05) is 13.2 Å². The van der Waals surface area contributed by atoms with Gasteiger partial charge in [-0.05, 0) is 18.8 Å². The molecular formula is C8H15BO3. The molecule has 0 aromatic rings. The van der Waals surface area contributed by atoms with E-state index in [1.54, 1.807) is 12.2 Å². The largest absolute Gasteiger partial charge is 0.502 e. The Morgan fingerprint density at radius 1 is 1.42 bits per heavy atom. The van der Waals surface area contributed by atoms with Crippen LogP contribution in [0.5, 0.6) is 0 Å². The van der Waals surface area contributed by atoms with Crippen LogP contribution in [0.25, 0.3) is 0 Å². The Morgan fingerprint density at radius 2 is 2.17 bits per heavy atom. The third kappa shape index (κ3) is 3.78. The van der Waals surface area contributed by atoms with E-state index >= 15 is 0 Å². The molecule has 68 valence electrons. The van der Waals surface area contributed by atoms with Gasteiger partial charge in [-0.15, -0.1) is 0 Å². The Morgan fingerprint density at radius 3 is 2.83 bits per heavy atom. The van der Waals surface area contributed by atoms with Crippen molar-refractivity contribution in [2.24, 2.45) is 0 Å². The van der Waals surface area contributed by atoms with Gasteiger partial charge in [0.1, 0.15) is 0 Å². The van der Waals surface area contributed by atoms with Gasteiger partial charge in [0.15, 0.2) is 0 Å². The lowest BCUT2D eigenvalue weighted by Crippen LogP contribution is -2.27. The molecule has 0 spiro atoms. The van der Waals surface area contributed by atoms with Gasteiger partial charge < -0.3 is 14.0 Å². The summed E-state index contributed by atoms with van der Waals surface area (Å²) in [5, 5.41) is 0. The maximum absolute atomic E-state index is 5.27. The molecule has 12 heavy (non-hydrogen) atoms. The molecule has 1 rings (SSSR count). The van der Waals surface area contributed by atoms with E-state index in [9.17, 15) is 0 Å². The van der Waals surface area contributed by atoms with Crippen molar-refractivity contribution in [2.75, 3.05) is 19.8 Å². The maximum atomic E-state index is 5.27. The number of hydrogen-bond donors (Lipinski definition) is 0. The SMILES string of the molecule is CCCO/C=C/B1OCCCO1. The highest BCUT2D eigenvalue weighted by molar-refractivity contribution is 6.50. The summed E-state index contributed by atoms with van der Waals surface area (Å²) in [7, 11) is -0.199. The van der Waals surface area contributed by atoms with Crippen molar-refractivity contribution in [1.82, 2.24) is 0 Å². The standard InChI is InChI=1S/C8H15BO3/c1-2-5-10-8-4-9-11-6-3-7-12-9/h4,8H,2-3,5-7H2,1H3/b8-4+. The molecule has 1 fully saturated rings. The van der Waals surface area contributed by atoms with Gasteiger partial charge in [-0.3, -0.25) is 0 Å². The third-order valence-electron chi connectivity index (χ3n) is 1.51. The molecule has 1 aliphatic rings. The zero-order valence-corrected chi connectivity index (χ0v) is 7.49. The van der Waals surface area contributed by atoms with Crippen molar-refractivity contribution in [2.45, 2.75) is 19.8 Å². The Balaban J connectivity index is 2.07. The van der Waals surface area contributed by atoms with E-state index in [0.29, 0.717) is 0 Å². The summed E-state index contributed by atoms with van der Waals surface area (Å²) in [4.78, 5) is 0. The van der Waals surface area contributed by atoms with E-state index in [1.807, 2.05) is 0 Å². The average Bonchev–Trinajstić information content (AvgIpc) is 2.14. The van der Waals surface area contributed by atoms with Crippen LogP contribution >= 0.6 is 0 Å².